The van der Waals surface area contributed by atoms with Gasteiger partial charge in [-0.15, -0.1) is 0 Å². The Bertz CT molecular complexity index is 392. The third kappa shape index (κ3) is 2.04. The molecular weight excluding hydrogens is 188 g/mol. The van der Waals surface area contributed by atoms with Crippen molar-refractivity contribution in [1.82, 2.24) is 0 Å². The van der Waals surface area contributed by atoms with Crippen molar-refractivity contribution in [1.29, 1.82) is 0 Å². The lowest BCUT2D eigenvalue weighted by Gasteiger charge is -2.14. The summed E-state index contributed by atoms with van der Waals surface area (Å²) >= 11 is 0. The molecule has 1 aromatic rings. The van der Waals surface area contributed by atoms with Gasteiger partial charge in [-0.3, -0.25) is 4.79 Å². The summed E-state index contributed by atoms with van der Waals surface area (Å²) in [5.41, 5.74) is 3.29. The number of carboxylic acids is 1. The lowest BCUT2D eigenvalue weighted by Crippen LogP contribution is -2.14. The molecule has 0 heterocycles. The smallest absolute Gasteiger partial charge is 0.311 e. The first kappa shape index (κ1) is 10.2. The van der Waals surface area contributed by atoms with E-state index in [4.69, 9.17) is 0 Å². The van der Waals surface area contributed by atoms with Crippen molar-refractivity contribution in [3.05, 3.63) is 34.9 Å². The fourth-order valence-electron chi connectivity index (χ4n) is 2.19. The molecule has 1 aliphatic rings. The van der Waals surface area contributed by atoms with Gasteiger partial charge < -0.3 is 5.11 Å². The quantitative estimate of drug-likeness (QED) is 0.822. The van der Waals surface area contributed by atoms with Gasteiger partial charge in [-0.2, -0.15) is 0 Å². The first-order chi connectivity index (χ1) is 7.09. The molecule has 1 aromatic carbocycles. The average molecular weight is 204 g/mol. The van der Waals surface area contributed by atoms with Crippen molar-refractivity contribution < 1.29 is 9.90 Å². The Balaban J connectivity index is 2.37. The standard InChI is InChI=1S/C13H16O2/c1-8-3-6-11(9(2)7-8)12(13(14)15)10-4-5-10/h3,6-7,10,12H,4-5H2,1-2H3,(H,14,15). The predicted molar refractivity (Wildman–Crippen MR) is 59.0 cm³/mol. The highest BCUT2D eigenvalue weighted by molar-refractivity contribution is 5.77. The molecule has 0 amide bonds. The topological polar surface area (TPSA) is 37.3 Å². The van der Waals surface area contributed by atoms with Gasteiger partial charge in [-0.25, -0.2) is 0 Å². The van der Waals surface area contributed by atoms with Crippen LogP contribution in [0.4, 0.5) is 0 Å². The van der Waals surface area contributed by atoms with E-state index in [0.29, 0.717) is 5.92 Å². The number of aryl methyl sites for hydroxylation is 2. The second-order valence-electron chi connectivity index (χ2n) is 4.51. The molecule has 15 heavy (non-hydrogen) atoms. The number of carbonyl (C=O) groups is 1. The molecule has 1 aliphatic carbocycles. The second kappa shape index (κ2) is 3.69. The predicted octanol–water partition coefficient (Wildman–Crippen LogP) is 2.88. The van der Waals surface area contributed by atoms with Gasteiger partial charge in [-0.05, 0) is 43.7 Å². The van der Waals surface area contributed by atoms with E-state index in [1.165, 1.54) is 5.56 Å². The van der Waals surface area contributed by atoms with Gasteiger partial charge in [0, 0.05) is 0 Å². The van der Waals surface area contributed by atoms with Gasteiger partial charge in [0.05, 0.1) is 5.92 Å². The Labute approximate surface area is 89.9 Å². The minimum absolute atomic E-state index is 0.286. The van der Waals surface area contributed by atoms with Crippen LogP contribution in [0.15, 0.2) is 18.2 Å². The van der Waals surface area contributed by atoms with Crippen molar-refractivity contribution in [3.8, 4) is 0 Å². The highest BCUT2D eigenvalue weighted by atomic mass is 16.4. The summed E-state index contributed by atoms with van der Waals surface area (Å²) in [6.45, 7) is 4.03. The molecule has 1 N–H and O–H groups in total. The van der Waals surface area contributed by atoms with Crippen LogP contribution >= 0.6 is 0 Å². The van der Waals surface area contributed by atoms with Gasteiger partial charge in [0.2, 0.25) is 0 Å². The summed E-state index contributed by atoms with van der Waals surface area (Å²) in [6, 6.07) is 6.04. The molecule has 2 nitrogen and oxygen atoms in total. The molecular formula is C13H16O2. The largest absolute Gasteiger partial charge is 0.481 e. The van der Waals surface area contributed by atoms with Gasteiger partial charge in [0.25, 0.3) is 0 Å². The Morgan fingerprint density at radius 2 is 2.07 bits per heavy atom. The summed E-state index contributed by atoms with van der Waals surface area (Å²) in [6.07, 6.45) is 2.12. The van der Waals surface area contributed by atoms with E-state index in [-0.39, 0.29) is 5.92 Å². The fraction of sp³-hybridized carbons (Fsp3) is 0.462. The Kier molecular flexibility index (Phi) is 2.51. The van der Waals surface area contributed by atoms with E-state index in [9.17, 15) is 9.90 Å². The number of carboxylic acid groups (broad SMARTS) is 1. The van der Waals surface area contributed by atoms with Crippen LogP contribution in [-0.2, 0) is 4.79 Å². The van der Waals surface area contributed by atoms with E-state index >= 15 is 0 Å². The van der Waals surface area contributed by atoms with E-state index in [0.717, 1.165) is 24.0 Å². The fourth-order valence-corrected chi connectivity index (χ4v) is 2.19. The SMILES string of the molecule is Cc1ccc(C(C(=O)O)C2CC2)c(C)c1. The summed E-state index contributed by atoms with van der Waals surface area (Å²) in [4.78, 5) is 11.2. The van der Waals surface area contributed by atoms with Crippen LogP contribution in [-0.4, -0.2) is 11.1 Å². The number of hydrogen-bond donors (Lipinski definition) is 1. The molecule has 1 fully saturated rings. The molecule has 80 valence electrons. The van der Waals surface area contributed by atoms with Crippen LogP contribution in [0.2, 0.25) is 0 Å². The third-order valence-corrected chi connectivity index (χ3v) is 3.12. The number of benzene rings is 1. The summed E-state index contributed by atoms with van der Waals surface area (Å²) in [5, 5.41) is 9.23. The zero-order valence-electron chi connectivity index (χ0n) is 9.16. The number of hydrogen-bond acceptors (Lipinski definition) is 1. The Hall–Kier alpha value is -1.31. The minimum atomic E-state index is -0.676. The molecule has 0 aliphatic heterocycles. The van der Waals surface area contributed by atoms with Crippen molar-refractivity contribution in [2.75, 3.05) is 0 Å². The molecule has 0 bridgehead atoms. The second-order valence-corrected chi connectivity index (χ2v) is 4.51. The van der Waals surface area contributed by atoms with Gasteiger partial charge >= 0.3 is 5.97 Å². The third-order valence-electron chi connectivity index (χ3n) is 3.12. The van der Waals surface area contributed by atoms with Crippen molar-refractivity contribution in [3.63, 3.8) is 0 Å². The van der Waals surface area contributed by atoms with Crippen LogP contribution in [0.25, 0.3) is 0 Å². The van der Waals surface area contributed by atoms with Crippen LogP contribution < -0.4 is 0 Å². The summed E-state index contributed by atoms with van der Waals surface area (Å²) in [5.74, 6) is -0.598. The maximum absolute atomic E-state index is 11.2. The van der Waals surface area contributed by atoms with Gasteiger partial charge in [-0.1, -0.05) is 23.8 Å². The lowest BCUT2D eigenvalue weighted by molar-refractivity contribution is -0.139. The highest BCUT2D eigenvalue weighted by Gasteiger charge is 2.37. The molecule has 1 saturated carbocycles. The minimum Gasteiger partial charge on any atom is -0.481 e. The molecule has 1 atom stereocenters. The zero-order chi connectivity index (χ0) is 11.0. The van der Waals surface area contributed by atoms with Crippen LogP contribution in [0.3, 0.4) is 0 Å². The average Bonchev–Trinajstić information content (AvgIpc) is 2.92. The van der Waals surface area contributed by atoms with Gasteiger partial charge in [0.1, 0.15) is 0 Å². The molecule has 0 radical (unpaired) electrons. The summed E-state index contributed by atoms with van der Waals surface area (Å²) in [7, 11) is 0. The highest BCUT2D eigenvalue weighted by Crippen LogP contribution is 2.43. The van der Waals surface area contributed by atoms with Crippen molar-refractivity contribution in [2.24, 2.45) is 5.92 Å². The van der Waals surface area contributed by atoms with Crippen molar-refractivity contribution in [2.45, 2.75) is 32.6 Å². The normalized spacial score (nSPS) is 17.5. The number of rotatable bonds is 3. The molecule has 0 spiro atoms. The summed E-state index contributed by atoms with van der Waals surface area (Å²) < 4.78 is 0. The molecule has 2 heteroatoms. The Morgan fingerprint density at radius 1 is 1.40 bits per heavy atom. The Morgan fingerprint density at radius 3 is 2.53 bits per heavy atom. The molecule has 1 unspecified atom stereocenters. The maximum Gasteiger partial charge on any atom is 0.311 e. The van der Waals surface area contributed by atoms with Crippen LogP contribution in [0.1, 0.15) is 35.4 Å². The molecule has 0 saturated heterocycles. The maximum atomic E-state index is 11.2. The van der Waals surface area contributed by atoms with E-state index in [2.05, 4.69) is 6.07 Å². The lowest BCUT2D eigenvalue weighted by atomic mass is 9.90. The molecule has 0 aromatic heterocycles. The number of aliphatic carboxylic acids is 1. The van der Waals surface area contributed by atoms with E-state index in [1.807, 2.05) is 26.0 Å². The van der Waals surface area contributed by atoms with Crippen LogP contribution in [0, 0.1) is 19.8 Å². The van der Waals surface area contributed by atoms with Gasteiger partial charge in [0.15, 0.2) is 0 Å². The van der Waals surface area contributed by atoms with Crippen LogP contribution in [0.5, 0.6) is 0 Å². The van der Waals surface area contributed by atoms with E-state index < -0.39 is 5.97 Å². The monoisotopic (exact) mass is 204 g/mol. The first-order valence-corrected chi connectivity index (χ1v) is 5.39. The first-order valence-electron chi connectivity index (χ1n) is 5.39. The molecule has 2 rings (SSSR count). The zero-order valence-corrected chi connectivity index (χ0v) is 9.16. The van der Waals surface area contributed by atoms with E-state index in [1.54, 1.807) is 0 Å². The van der Waals surface area contributed by atoms with Crippen molar-refractivity contribution >= 4 is 5.97 Å².